The lowest BCUT2D eigenvalue weighted by atomic mass is 10.1. The molecule has 6 rings (SSSR count). The van der Waals surface area contributed by atoms with E-state index in [9.17, 15) is 9.59 Å². The van der Waals surface area contributed by atoms with E-state index >= 15 is 0 Å². The summed E-state index contributed by atoms with van der Waals surface area (Å²) in [6.45, 7) is 10.5. The molecule has 4 aromatic rings. The van der Waals surface area contributed by atoms with Crippen molar-refractivity contribution in [2.75, 3.05) is 54.4 Å². The Morgan fingerprint density at radius 1 is 1.07 bits per heavy atom. The Kier molecular flexibility index (Phi) is 7.62. The number of carbonyl (C=O) groups is 1. The predicted molar refractivity (Wildman–Crippen MR) is 166 cm³/mol. The van der Waals surface area contributed by atoms with Gasteiger partial charge in [-0.2, -0.15) is 4.98 Å². The van der Waals surface area contributed by atoms with Crippen LogP contribution < -0.4 is 25.4 Å². The van der Waals surface area contributed by atoms with Gasteiger partial charge in [0.1, 0.15) is 23.7 Å². The zero-order chi connectivity index (χ0) is 29.2. The second kappa shape index (κ2) is 11.7. The highest BCUT2D eigenvalue weighted by Gasteiger charge is 2.29. The van der Waals surface area contributed by atoms with Gasteiger partial charge in [0.2, 0.25) is 5.95 Å². The van der Waals surface area contributed by atoms with Crippen LogP contribution >= 0.6 is 0 Å². The van der Waals surface area contributed by atoms with Crippen LogP contribution in [0.15, 0.2) is 72.2 Å². The summed E-state index contributed by atoms with van der Waals surface area (Å²) in [6, 6.07) is 15.4. The first kappa shape index (κ1) is 27.5. The Labute approximate surface area is 244 Å². The fourth-order valence-electron chi connectivity index (χ4n) is 5.77. The zero-order valence-electron chi connectivity index (χ0n) is 24.0. The number of nitrogens with one attached hydrogen (secondary N) is 1. The Bertz CT molecular complexity index is 1690. The lowest BCUT2D eigenvalue weighted by Crippen LogP contribution is -2.43. The van der Waals surface area contributed by atoms with Gasteiger partial charge < -0.3 is 19.9 Å². The van der Waals surface area contributed by atoms with E-state index in [1.165, 1.54) is 18.9 Å². The van der Waals surface area contributed by atoms with Gasteiger partial charge >= 0.3 is 0 Å². The highest BCUT2D eigenvalue weighted by Crippen LogP contribution is 2.39. The van der Waals surface area contributed by atoms with Gasteiger partial charge in [0.15, 0.2) is 0 Å². The molecule has 0 unspecified atom stereocenters. The summed E-state index contributed by atoms with van der Waals surface area (Å²) in [4.78, 5) is 41.5. The first-order chi connectivity index (χ1) is 20.4. The highest BCUT2D eigenvalue weighted by molar-refractivity contribution is 6.05. The van der Waals surface area contributed by atoms with Crippen LogP contribution in [0.2, 0.25) is 0 Å². The number of hydrogen-bond acceptors (Lipinski definition) is 8. The summed E-state index contributed by atoms with van der Waals surface area (Å²) in [5.74, 6) is 1.05. The van der Waals surface area contributed by atoms with Crippen molar-refractivity contribution < 1.29 is 9.53 Å². The molecule has 42 heavy (non-hydrogen) atoms. The number of likely N-dealkylation sites (tertiary alicyclic amines) is 1. The molecule has 0 spiro atoms. The number of benzene rings is 2. The first-order valence-corrected chi connectivity index (χ1v) is 14.3. The standard InChI is InChI=1S/C32H35N7O3/c1-4-28(40)39-17-16-38(26-9-7-8-22(2)29(26)39)27-20-23-21-33-32(35-30(23)36(3)31(27)41)34-24-10-12-25(13-11-24)42-19-18-37-14-5-6-15-37/h4,7-13,20-21H,1,5-6,14-19H2,2-3H3,(H,33,34,35). The van der Waals surface area contributed by atoms with E-state index in [-0.39, 0.29) is 11.5 Å². The quantitative estimate of drug-likeness (QED) is 0.312. The maximum Gasteiger partial charge on any atom is 0.275 e. The molecule has 4 heterocycles. The Hall–Kier alpha value is -4.70. The van der Waals surface area contributed by atoms with Crippen LogP contribution in [0.1, 0.15) is 18.4 Å². The van der Waals surface area contributed by atoms with Crippen molar-refractivity contribution in [3.05, 3.63) is 83.3 Å². The Morgan fingerprint density at radius 2 is 1.86 bits per heavy atom. The van der Waals surface area contributed by atoms with Gasteiger partial charge in [0.05, 0.1) is 11.4 Å². The number of aromatic nitrogens is 3. The summed E-state index contributed by atoms with van der Waals surface area (Å²) >= 11 is 0. The molecule has 0 saturated carbocycles. The lowest BCUT2D eigenvalue weighted by Gasteiger charge is -2.38. The molecule has 216 valence electrons. The number of carbonyl (C=O) groups excluding carboxylic acids is 1. The number of ether oxygens (including phenoxy) is 1. The average molecular weight is 566 g/mol. The molecule has 10 heteroatoms. The normalized spacial score (nSPS) is 15.1. The van der Waals surface area contributed by atoms with Crippen molar-refractivity contribution in [3.8, 4) is 5.75 Å². The van der Waals surface area contributed by atoms with Crippen LogP contribution in [0, 0.1) is 6.92 Å². The smallest absolute Gasteiger partial charge is 0.275 e. The first-order valence-electron chi connectivity index (χ1n) is 14.3. The SMILES string of the molecule is C=CC(=O)N1CCN(c2cc3cnc(Nc4ccc(OCCN5CCCC5)cc4)nc3n(C)c2=O)c2cccc(C)c21. The van der Waals surface area contributed by atoms with Crippen LogP contribution in [-0.4, -0.2) is 64.7 Å². The second-order valence-electron chi connectivity index (χ2n) is 10.7. The minimum Gasteiger partial charge on any atom is -0.492 e. The number of anilines is 5. The molecule has 10 nitrogen and oxygen atoms in total. The number of para-hydroxylation sites is 1. The number of fused-ring (bicyclic) bond motifs is 2. The van der Waals surface area contributed by atoms with Gasteiger partial charge in [-0.25, -0.2) is 4.98 Å². The van der Waals surface area contributed by atoms with Crippen molar-refractivity contribution in [2.45, 2.75) is 19.8 Å². The van der Waals surface area contributed by atoms with Crippen molar-refractivity contribution in [1.82, 2.24) is 19.4 Å². The molecule has 1 fully saturated rings. The van der Waals surface area contributed by atoms with E-state index in [0.29, 0.717) is 37.0 Å². The molecule has 0 aliphatic carbocycles. The van der Waals surface area contributed by atoms with Gasteiger partial charge in [-0.3, -0.25) is 19.1 Å². The summed E-state index contributed by atoms with van der Waals surface area (Å²) in [5.41, 5.74) is 4.21. The minimum absolute atomic E-state index is 0.162. The fourth-order valence-corrected chi connectivity index (χ4v) is 5.77. The van der Waals surface area contributed by atoms with Crippen molar-refractivity contribution >= 4 is 45.6 Å². The Morgan fingerprint density at radius 3 is 2.62 bits per heavy atom. The van der Waals surface area contributed by atoms with Crippen molar-refractivity contribution in [2.24, 2.45) is 7.05 Å². The molecule has 1 amide bonds. The monoisotopic (exact) mass is 565 g/mol. The topological polar surface area (TPSA) is 95.8 Å². The van der Waals surface area contributed by atoms with Crippen molar-refractivity contribution in [3.63, 3.8) is 0 Å². The maximum absolute atomic E-state index is 13.7. The fraction of sp³-hybridized carbons (Fsp3) is 0.312. The largest absolute Gasteiger partial charge is 0.492 e. The number of aryl methyl sites for hydroxylation is 2. The third-order valence-corrected chi connectivity index (χ3v) is 7.97. The van der Waals surface area contributed by atoms with Crippen LogP contribution in [0.25, 0.3) is 11.0 Å². The molecule has 1 N–H and O–H groups in total. The Balaban J connectivity index is 1.22. The minimum atomic E-state index is -0.182. The second-order valence-corrected chi connectivity index (χ2v) is 10.7. The van der Waals surface area contributed by atoms with E-state index in [1.807, 2.05) is 60.4 Å². The lowest BCUT2D eigenvalue weighted by molar-refractivity contribution is -0.114. The van der Waals surface area contributed by atoms with Crippen molar-refractivity contribution in [1.29, 1.82) is 0 Å². The van der Waals surface area contributed by atoms with E-state index in [1.54, 1.807) is 22.7 Å². The molecule has 0 bridgehead atoms. The van der Waals surface area contributed by atoms with Crippen LogP contribution in [0.4, 0.5) is 28.7 Å². The van der Waals surface area contributed by atoms with Gasteiger partial charge in [-0.05, 0) is 80.9 Å². The number of hydrogen-bond donors (Lipinski definition) is 1. The van der Waals surface area contributed by atoms with Crippen LogP contribution in [0.3, 0.4) is 0 Å². The van der Waals surface area contributed by atoms with E-state index in [0.717, 1.165) is 53.4 Å². The maximum atomic E-state index is 13.7. The molecule has 0 atom stereocenters. The summed E-state index contributed by atoms with van der Waals surface area (Å²) in [6.07, 6.45) is 5.59. The third kappa shape index (κ3) is 5.33. The number of amides is 1. The summed E-state index contributed by atoms with van der Waals surface area (Å²) in [5, 5.41) is 3.97. The third-order valence-electron chi connectivity index (χ3n) is 7.97. The molecule has 2 aliphatic heterocycles. The van der Waals surface area contributed by atoms with E-state index < -0.39 is 0 Å². The average Bonchev–Trinajstić information content (AvgIpc) is 3.53. The number of rotatable bonds is 8. The summed E-state index contributed by atoms with van der Waals surface area (Å²) < 4.78 is 7.45. The molecule has 2 aromatic heterocycles. The van der Waals surface area contributed by atoms with Crippen LogP contribution in [0.5, 0.6) is 5.75 Å². The van der Waals surface area contributed by atoms with Gasteiger partial charge in [-0.15, -0.1) is 0 Å². The summed E-state index contributed by atoms with van der Waals surface area (Å²) in [7, 11) is 1.72. The predicted octanol–water partition coefficient (Wildman–Crippen LogP) is 4.53. The highest BCUT2D eigenvalue weighted by atomic mass is 16.5. The van der Waals surface area contributed by atoms with Gasteiger partial charge in [0, 0.05) is 44.0 Å². The molecule has 1 saturated heterocycles. The molecular formula is C32H35N7O3. The molecule has 2 aliphatic rings. The molecular weight excluding hydrogens is 530 g/mol. The molecule has 0 radical (unpaired) electrons. The van der Waals surface area contributed by atoms with Crippen LogP contribution in [-0.2, 0) is 11.8 Å². The number of nitrogens with zero attached hydrogens (tertiary/aromatic N) is 6. The van der Waals surface area contributed by atoms with E-state index in [4.69, 9.17) is 4.74 Å². The van der Waals surface area contributed by atoms with E-state index in [2.05, 4.69) is 26.8 Å². The number of pyridine rings is 1. The van der Waals surface area contributed by atoms with Gasteiger partial charge in [-0.1, -0.05) is 18.7 Å². The molecule has 2 aromatic carbocycles. The van der Waals surface area contributed by atoms with Gasteiger partial charge in [0.25, 0.3) is 11.5 Å². The zero-order valence-corrected chi connectivity index (χ0v) is 24.0.